The number of nitrogen functional groups attached to an aromatic ring is 1. The van der Waals surface area contributed by atoms with Crippen LogP contribution in [0.25, 0.3) is 10.9 Å². The highest BCUT2D eigenvalue weighted by atomic mass is 16.5. The summed E-state index contributed by atoms with van der Waals surface area (Å²) < 4.78 is 10.5. The van der Waals surface area contributed by atoms with Gasteiger partial charge in [-0.2, -0.15) is 0 Å². The minimum absolute atomic E-state index is 0.477. The Kier molecular flexibility index (Phi) is 2.47. The number of ether oxygens (including phenoxy) is 2. The van der Waals surface area contributed by atoms with Crippen LogP contribution in [0.2, 0.25) is 0 Å². The average Bonchev–Trinajstić information content (AvgIpc) is 3.21. The molecule has 5 nitrogen and oxygen atoms in total. The van der Waals surface area contributed by atoms with E-state index in [-0.39, 0.29) is 0 Å². The first-order valence-corrected chi connectivity index (χ1v) is 5.92. The average molecular weight is 245 g/mol. The summed E-state index contributed by atoms with van der Waals surface area (Å²) in [6.07, 6.45) is 2.30. The fraction of sp³-hybridized carbons (Fsp3) is 0.385. The molecule has 2 aromatic rings. The van der Waals surface area contributed by atoms with Gasteiger partial charge in [0.1, 0.15) is 11.6 Å². The lowest BCUT2D eigenvalue weighted by molar-refractivity contribution is 0.356. The molecule has 1 aromatic carbocycles. The van der Waals surface area contributed by atoms with E-state index < -0.39 is 0 Å². The van der Waals surface area contributed by atoms with Gasteiger partial charge in [0.05, 0.1) is 19.7 Å². The van der Waals surface area contributed by atoms with E-state index in [2.05, 4.69) is 9.97 Å². The van der Waals surface area contributed by atoms with Crippen LogP contribution < -0.4 is 15.2 Å². The Morgan fingerprint density at radius 2 is 1.78 bits per heavy atom. The highest BCUT2D eigenvalue weighted by molar-refractivity contribution is 5.90. The van der Waals surface area contributed by atoms with Crippen molar-refractivity contribution in [2.24, 2.45) is 0 Å². The molecule has 0 radical (unpaired) electrons. The second-order valence-corrected chi connectivity index (χ2v) is 4.47. The Bertz CT molecular complexity index is 609. The minimum atomic E-state index is 0.477. The lowest BCUT2D eigenvalue weighted by Gasteiger charge is -2.10. The standard InChI is InChI=1S/C13H15N3O2/c1-17-10-5-8-9(6-11(10)18-2)15-13(7-3-4-7)16-12(8)14/h5-7H,3-4H2,1-2H3,(H2,14,15,16). The Morgan fingerprint density at radius 1 is 1.11 bits per heavy atom. The van der Waals surface area contributed by atoms with Crippen molar-refractivity contribution < 1.29 is 9.47 Å². The van der Waals surface area contributed by atoms with Gasteiger partial charge in [-0.15, -0.1) is 0 Å². The van der Waals surface area contributed by atoms with Crippen molar-refractivity contribution in [2.45, 2.75) is 18.8 Å². The number of anilines is 1. The third kappa shape index (κ3) is 1.72. The van der Waals surface area contributed by atoms with Gasteiger partial charge in [0.15, 0.2) is 11.5 Å². The van der Waals surface area contributed by atoms with Crippen LogP contribution in [-0.2, 0) is 0 Å². The van der Waals surface area contributed by atoms with E-state index in [0.29, 0.717) is 23.2 Å². The van der Waals surface area contributed by atoms with Gasteiger partial charge in [-0.25, -0.2) is 9.97 Å². The zero-order valence-electron chi connectivity index (χ0n) is 10.4. The third-order valence-corrected chi connectivity index (χ3v) is 3.19. The molecular formula is C13H15N3O2. The van der Waals surface area contributed by atoms with E-state index in [9.17, 15) is 0 Å². The second-order valence-electron chi connectivity index (χ2n) is 4.47. The molecule has 1 aliphatic rings. The third-order valence-electron chi connectivity index (χ3n) is 3.19. The molecule has 3 rings (SSSR count). The van der Waals surface area contributed by atoms with Gasteiger partial charge in [-0.05, 0) is 18.9 Å². The molecule has 18 heavy (non-hydrogen) atoms. The van der Waals surface area contributed by atoms with Crippen LogP contribution in [0.15, 0.2) is 12.1 Å². The highest BCUT2D eigenvalue weighted by Crippen LogP contribution is 2.40. The summed E-state index contributed by atoms with van der Waals surface area (Å²) in [5.74, 6) is 3.11. The van der Waals surface area contributed by atoms with E-state index in [1.807, 2.05) is 12.1 Å². The molecule has 0 amide bonds. The van der Waals surface area contributed by atoms with Crippen molar-refractivity contribution in [3.63, 3.8) is 0 Å². The maximum atomic E-state index is 5.99. The molecule has 1 fully saturated rings. The number of fused-ring (bicyclic) bond motifs is 1. The SMILES string of the molecule is COc1cc2nc(C3CC3)nc(N)c2cc1OC. The quantitative estimate of drug-likeness (QED) is 0.896. The molecule has 94 valence electrons. The summed E-state index contributed by atoms with van der Waals surface area (Å²) in [7, 11) is 3.20. The lowest BCUT2D eigenvalue weighted by atomic mass is 10.2. The predicted molar refractivity (Wildman–Crippen MR) is 69.0 cm³/mol. The maximum absolute atomic E-state index is 5.99. The van der Waals surface area contributed by atoms with Crippen molar-refractivity contribution in [1.29, 1.82) is 0 Å². The summed E-state index contributed by atoms with van der Waals surface area (Å²) in [4.78, 5) is 8.92. The minimum Gasteiger partial charge on any atom is -0.493 e. The van der Waals surface area contributed by atoms with Crippen molar-refractivity contribution in [1.82, 2.24) is 9.97 Å². The number of hydrogen-bond acceptors (Lipinski definition) is 5. The van der Waals surface area contributed by atoms with Gasteiger partial charge in [-0.3, -0.25) is 0 Å². The molecule has 1 aliphatic carbocycles. The smallest absolute Gasteiger partial charge is 0.162 e. The number of nitrogens with two attached hydrogens (primary N) is 1. The normalized spacial score (nSPS) is 14.8. The van der Waals surface area contributed by atoms with Crippen LogP contribution in [0, 0.1) is 0 Å². The van der Waals surface area contributed by atoms with Gasteiger partial charge >= 0.3 is 0 Å². The summed E-state index contributed by atoms with van der Waals surface area (Å²) >= 11 is 0. The molecule has 5 heteroatoms. The van der Waals surface area contributed by atoms with E-state index in [0.717, 1.165) is 29.6 Å². The van der Waals surface area contributed by atoms with Gasteiger partial charge in [0.2, 0.25) is 0 Å². The molecule has 0 saturated heterocycles. The number of nitrogens with zero attached hydrogens (tertiary/aromatic N) is 2. The number of hydrogen-bond donors (Lipinski definition) is 1. The van der Waals surface area contributed by atoms with Crippen LogP contribution in [0.5, 0.6) is 11.5 Å². The van der Waals surface area contributed by atoms with Crippen LogP contribution in [-0.4, -0.2) is 24.2 Å². The molecule has 0 bridgehead atoms. The van der Waals surface area contributed by atoms with Crippen LogP contribution >= 0.6 is 0 Å². The van der Waals surface area contributed by atoms with Crippen molar-refractivity contribution in [3.8, 4) is 11.5 Å². The van der Waals surface area contributed by atoms with Gasteiger partial charge in [0.25, 0.3) is 0 Å². The molecular weight excluding hydrogens is 230 g/mol. The van der Waals surface area contributed by atoms with Crippen LogP contribution in [0.4, 0.5) is 5.82 Å². The number of aromatic nitrogens is 2. The molecule has 0 spiro atoms. The van der Waals surface area contributed by atoms with E-state index in [1.54, 1.807) is 14.2 Å². The van der Waals surface area contributed by atoms with Gasteiger partial charge in [0, 0.05) is 17.4 Å². The molecule has 1 saturated carbocycles. The van der Waals surface area contributed by atoms with Crippen molar-refractivity contribution in [2.75, 3.05) is 20.0 Å². The fourth-order valence-electron chi connectivity index (χ4n) is 2.02. The van der Waals surface area contributed by atoms with Crippen molar-refractivity contribution >= 4 is 16.7 Å². The highest BCUT2D eigenvalue weighted by Gasteiger charge is 2.27. The number of rotatable bonds is 3. The molecule has 1 heterocycles. The Labute approximate surface area is 105 Å². The summed E-state index contributed by atoms with van der Waals surface area (Å²) in [6.45, 7) is 0. The fourth-order valence-corrected chi connectivity index (χ4v) is 2.02. The Hall–Kier alpha value is -2.04. The monoisotopic (exact) mass is 245 g/mol. The molecule has 2 N–H and O–H groups in total. The molecule has 0 unspecified atom stereocenters. The Morgan fingerprint density at radius 3 is 2.39 bits per heavy atom. The number of methoxy groups -OCH3 is 2. The second kappa shape index (κ2) is 4.01. The van der Waals surface area contributed by atoms with Crippen LogP contribution in [0.3, 0.4) is 0 Å². The van der Waals surface area contributed by atoms with Gasteiger partial charge < -0.3 is 15.2 Å². The summed E-state index contributed by atoms with van der Waals surface area (Å²) in [5, 5.41) is 0.803. The van der Waals surface area contributed by atoms with Crippen LogP contribution in [0.1, 0.15) is 24.6 Å². The number of benzene rings is 1. The lowest BCUT2D eigenvalue weighted by Crippen LogP contribution is -2.01. The molecule has 0 aliphatic heterocycles. The largest absolute Gasteiger partial charge is 0.493 e. The first-order valence-electron chi connectivity index (χ1n) is 5.92. The first kappa shape index (κ1) is 11.1. The predicted octanol–water partition coefficient (Wildman–Crippen LogP) is 2.11. The summed E-state index contributed by atoms with van der Waals surface area (Å²) in [5.41, 5.74) is 6.80. The molecule has 1 aromatic heterocycles. The van der Waals surface area contributed by atoms with Crippen molar-refractivity contribution in [3.05, 3.63) is 18.0 Å². The topological polar surface area (TPSA) is 70.3 Å². The zero-order valence-corrected chi connectivity index (χ0v) is 10.4. The van der Waals surface area contributed by atoms with E-state index in [4.69, 9.17) is 15.2 Å². The Balaban J connectivity index is 2.22. The van der Waals surface area contributed by atoms with Gasteiger partial charge in [-0.1, -0.05) is 0 Å². The maximum Gasteiger partial charge on any atom is 0.162 e. The first-order chi connectivity index (χ1) is 8.72. The molecule has 0 atom stereocenters. The zero-order chi connectivity index (χ0) is 12.7. The van der Waals surface area contributed by atoms with E-state index >= 15 is 0 Å². The summed E-state index contributed by atoms with van der Waals surface area (Å²) in [6, 6.07) is 3.66. The van der Waals surface area contributed by atoms with E-state index in [1.165, 1.54) is 0 Å².